The summed E-state index contributed by atoms with van der Waals surface area (Å²) in [5.41, 5.74) is 7.28. The summed E-state index contributed by atoms with van der Waals surface area (Å²) in [5.74, 6) is -0.232. The van der Waals surface area contributed by atoms with Gasteiger partial charge in [-0.15, -0.1) is 0 Å². The van der Waals surface area contributed by atoms with E-state index < -0.39 is 0 Å². The van der Waals surface area contributed by atoms with Crippen LogP contribution in [0, 0.1) is 5.82 Å². The van der Waals surface area contributed by atoms with E-state index in [1.807, 2.05) is 0 Å². The van der Waals surface area contributed by atoms with Crippen LogP contribution in [0.25, 0.3) is 0 Å². The van der Waals surface area contributed by atoms with Gasteiger partial charge in [0, 0.05) is 18.1 Å². The molecule has 3 N–H and O–H groups in total. The van der Waals surface area contributed by atoms with Crippen molar-refractivity contribution in [3.63, 3.8) is 0 Å². The molecule has 2 heterocycles. The normalized spacial score (nSPS) is 31.2. The van der Waals surface area contributed by atoms with Crippen molar-refractivity contribution in [2.75, 3.05) is 18.1 Å². The second kappa shape index (κ2) is 5.00. The van der Waals surface area contributed by atoms with Gasteiger partial charge in [-0.25, -0.2) is 4.39 Å². The Bertz CT molecular complexity index is 449. The molecule has 1 aromatic rings. The van der Waals surface area contributed by atoms with Gasteiger partial charge in [-0.05, 0) is 50.9 Å². The summed E-state index contributed by atoms with van der Waals surface area (Å²) in [7, 11) is 2.24. The van der Waals surface area contributed by atoms with Crippen LogP contribution in [0.1, 0.15) is 32.1 Å². The first-order valence-corrected chi connectivity index (χ1v) is 7.17. The third-order valence-electron chi connectivity index (χ3n) is 4.71. The van der Waals surface area contributed by atoms with Crippen molar-refractivity contribution in [3.05, 3.63) is 24.0 Å². The Kier molecular flexibility index (Phi) is 3.35. The highest BCUT2D eigenvalue weighted by atomic mass is 19.1. The van der Waals surface area contributed by atoms with Crippen molar-refractivity contribution in [2.45, 2.75) is 50.2 Å². The number of piperidine rings is 2. The quantitative estimate of drug-likeness (QED) is 0.806. The number of halogens is 1. The molecule has 0 saturated carbocycles. The van der Waals surface area contributed by atoms with Crippen molar-refractivity contribution >= 4 is 11.4 Å². The van der Waals surface area contributed by atoms with Crippen LogP contribution in [-0.2, 0) is 0 Å². The number of anilines is 2. The van der Waals surface area contributed by atoms with Crippen LogP contribution in [0.5, 0.6) is 0 Å². The summed E-state index contributed by atoms with van der Waals surface area (Å²) < 4.78 is 13.3. The molecular weight excluding hydrogens is 241 g/mol. The van der Waals surface area contributed by atoms with Gasteiger partial charge in [0.05, 0.1) is 11.4 Å². The molecule has 4 heteroatoms. The third-order valence-corrected chi connectivity index (χ3v) is 4.71. The maximum Gasteiger partial charge on any atom is 0.125 e. The Labute approximate surface area is 114 Å². The molecule has 0 spiro atoms. The fraction of sp³-hybridized carbons (Fsp3) is 0.600. The summed E-state index contributed by atoms with van der Waals surface area (Å²) in [6.45, 7) is 0. The lowest BCUT2D eigenvalue weighted by Crippen LogP contribution is -2.52. The number of nitrogen functional groups attached to an aromatic ring is 1. The van der Waals surface area contributed by atoms with E-state index in [0.717, 1.165) is 18.5 Å². The number of hydrogen-bond acceptors (Lipinski definition) is 3. The average molecular weight is 263 g/mol. The smallest absolute Gasteiger partial charge is 0.125 e. The van der Waals surface area contributed by atoms with E-state index in [2.05, 4.69) is 17.3 Å². The molecule has 0 aliphatic carbocycles. The van der Waals surface area contributed by atoms with E-state index in [4.69, 9.17) is 5.73 Å². The van der Waals surface area contributed by atoms with Crippen LogP contribution in [0.3, 0.4) is 0 Å². The molecule has 104 valence electrons. The molecule has 2 bridgehead atoms. The number of benzene rings is 1. The van der Waals surface area contributed by atoms with Crippen molar-refractivity contribution in [1.29, 1.82) is 0 Å². The lowest BCUT2D eigenvalue weighted by molar-refractivity contribution is 0.0608. The Morgan fingerprint density at radius 3 is 2.63 bits per heavy atom. The summed E-state index contributed by atoms with van der Waals surface area (Å²) >= 11 is 0. The number of nitrogens with one attached hydrogen (secondary N) is 1. The van der Waals surface area contributed by atoms with Gasteiger partial charge >= 0.3 is 0 Å². The molecule has 2 fully saturated rings. The highest BCUT2D eigenvalue weighted by Gasteiger charge is 2.35. The van der Waals surface area contributed by atoms with E-state index in [1.54, 1.807) is 6.07 Å². The van der Waals surface area contributed by atoms with Crippen molar-refractivity contribution < 1.29 is 4.39 Å². The predicted molar refractivity (Wildman–Crippen MR) is 76.6 cm³/mol. The van der Waals surface area contributed by atoms with Crippen LogP contribution in [-0.4, -0.2) is 30.1 Å². The second-order valence-electron chi connectivity index (χ2n) is 5.95. The monoisotopic (exact) mass is 263 g/mol. The average Bonchev–Trinajstić information content (AvgIpc) is 2.35. The van der Waals surface area contributed by atoms with Gasteiger partial charge in [0.1, 0.15) is 5.82 Å². The minimum absolute atomic E-state index is 0.232. The maximum atomic E-state index is 13.3. The van der Waals surface area contributed by atoms with Gasteiger partial charge in [0.2, 0.25) is 0 Å². The minimum atomic E-state index is -0.232. The first kappa shape index (κ1) is 12.7. The fourth-order valence-corrected chi connectivity index (χ4v) is 3.61. The highest BCUT2D eigenvalue weighted by Crippen LogP contribution is 2.34. The molecule has 2 aliphatic rings. The van der Waals surface area contributed by atoms with Gasteiger partial charge in [-0.2, -0.15) is 0 Å². The van der Waals surface area contributed by atoms with Crippen molar-refractivity contribution in [1.82, 2.24) is 4.90 Å². The topological polar surface area (TPSA) is 41.3 Å². The molecule has 1 aromatic carbocycles. The second-order valence-corrected chi connectivity index (χ2v) is 5.95. The Morgan fingerprint density at radius 2 is 1.95 bits per heavy atom. The first-order chi connectivity index (χ1) is 9.13. The molecule has 2 saturated heterocycles. The molecular formula is C15H22FN3. The van der Waals surface area contributed by atoms with Crippen molar-refractivity contribution in [2.24, 2.45) is 0 Å². The zero-order valence-electron chi connectivity index (χ0n) is 11.4. The zero-order chi connectivity index (χ0) is 13.4. The number of nitrogens with two attached hydrogens (primary N) is 1. The Hall–Kier alpha value is -1.29. The number of nitrogens with zero attached hydrogens (tertiary/aromatic N) is 1. The van der Waals surface area contributed by atoms with Gasteiger partial charge < -0.3 is 16.0 Å². The standard InChI is InChI=1S/C15H22FN3/c1-19-12-3-2-4-13(19)9-11(8-12)18-15-7-10(16)5-6-14(15)17/h5-7,11-13,18H,2-4,8-9,17H2,1H3. The molecule has 0 amide bonds. The van der Waals surface area contributed by atoms with E-state index in [-0.39, 0.29) is 5.82 Å². The fourth-order valence-electron chi connectivity index (χ4n) is 3.61. The molecule has 3 nitrogen and oxygen atoms in total. The Morgan fingerprint density at radius 1 is 1.26 bits per heavy atom. The van der Waals surface area contributed by atoms with E-state index in [9.17, 15) is 4.39 Å². The molecule has 19 heavy (non-hydrogen) atoms. The van der Waals surface area contributed by atoms with Crippen LogP contribution < -0.4 is 11.1 Å². The van der Waals surface area contributed by atoms with Crippen LogP contribution in [0.4, 0.5) is 15.8 Å². The summed E-state index contributed by atoms with van der Waals surface area (Å²) in [6.07, 6.45) is 6.16. The van der Waals surface area contributed by atoms with Gasteiger partial charge in [0.25, 0.3) is 0 Å². The van der Waals surface area contributed by atoms with Crippen LogP contribution in [0.2, 0.25) is 0 Å². The molecule has 3 rings (SSSR count). The molecule has 2 atom stereocenters. The number of hydrogen-bond donors (Lipinski definition) is 2. The molecule has 2 aliphatic heterocycles. The summed E-state index contributed by atoms with van der Waals surface area (Å²) in [5, 5.41) is 3.45. The lowest BCUT2D eigenvalue weighted by Gasteiger charge is -2.47. The number of fused-ring (bicyclic) bond motifs is 2. The third kappa shape index (κ3) is 2.54. The van der Waals surface area contributed by atoms with Crippen LogP contribution in [0.15, 0.2) is 18.2 Å². The van der Waals surface area contributed by atoms with Gasteiger partial charge in [-0.1, -0.05) is 6.42 Å². The van der Waals surface area contributed by atoms with Gasteiger partial charge in [-0.3, -0.25) is 0 Å². The molecule has 2 unspecified atom stereocenters. The van der Waals surface area contributed by atoms with Gasteiger partial charge in [0.15, 0.2) is 0 Å². The molecule has 0 radical (unpaired) electrons. The first-order valence-electron chi connectivity index (χ1n) is 7.17. The highest BCUT2D eigenvalue weighted by molar-refractivity contribution is 5.66. The summed E-state index contributed by atoms with van der Waals surface area (Å²) in [4.78, 5) is 2.52. The van der Waals surface area contributed by atoms with Crippen molar-refractivity contribution in [3.8, 4) is 0 Å². The zero-order valence-corrected chi connectivity index (χ0v) is 11.4. The lowest BCUT2D eigenvalue weighted by atomic mass is 9.82. The minimum Gasteiger partial charge on any atom is -0.397 e. The largest absolute Gasteiger partial charge is 0.397 e. The van der Waals surface area contributed by atoms with E-state index in [1.165, 1.54) is 31.4 Å². The predicted octanol–water partition coefficient (Wildman–Crippen LogP) is 2.84. The van der Waals surface area contributed by atoms with Crippen LogP contribution >= 0.6 is 0 Å². The Balaban J connectivity index is 1.72. The summed E-state index contributed by atoms with van der Waals surface area (Å²) in [6, 6.07) is 6.29. The molecule has 0 aromatic heterocycles. The van der Waals surface area contributed by atoms with E-state index >= 15 is 0 Å². The SMILES string of the molecule is CN1C2CCCC1CC(Nc1cc(F)ccc1N)C2. The van der Waals surface area contributed by atoms with E-state index in [0.29, 0.717) is 23.8 Å². The number of rotatable bonds is 2. The maximum absolute atomic E-state index is 13.3.